The molecule has 0 radical (unpaired) electrons. The predicted molar refractivity (Wildman–Crippen MR) is 106 cm³/mol. The molecule has 0 spiro atoms. The summed E-state index contributed by atoms with van der Waals surface area (Å²) in [6.45, 7) is 1.31. The van der Waals surface area contributed by atoms with Crippen molar-refractivity contribution >= 4 is 27.3 Å². The minimum Gasteiger partial charge on any atom is -0.395 e. The number of aliphatic hydroxyl groups excluding tert-OH is 1. The molecule has 150 valence electrons. The van der Waals surface area contributed by atoms with Crippen LogP contribution in [-0.4, -0.2) is 35.4 Å². The van der Waals surface area contributed by atoms with Crippen LogP contribution in [0.4, 0.5) is 5.69 Å². The van der Waals surface area contributed by atoms with Gasteiger partial charge in [0.1, 0.15) is 5.02 Å². The summed E-state index contributed by atoms with van der Waals surface area (Å²) in [5.41, 5.74) is 0.630. The molecule has 3 rings (SSSR count). The van der Waals surface area contributed by atoms with Crippen LogP contribution in [0.15, 0.2) is 47.4 Å². The third-order valence-electron chi connectivity index (χ3n) is 4.93. The van der Waals surface area contributed by atoms with Gasteiger partial charge in [-0.25, -0.2) is 8.42 Å². The van der Waals surface area contributed by atoms with Gasteiger partial charge in [0.2, 0.25) is 10.0 Å². The standard InChI is InChI=1S/C19H21ClN2O5S/c1-13-9-16(20)17(22(24)25)10-19(13)28(26,27)21(18(12-23)15-7-8-15)11-14-5-3-2-4-6-14/h2-6,9-10,15,18,23H,7-8,11-12H2,1H3. The van der Waals surface area contributed by atoms with E-state index in [9.17, 15) is 23.6 Å². The lowest BCUT2D eigenvalue weighted by molar-refractivity contribution is -0.384. The molecule has 1 atom stereocenters. The molecule has 2 aromatic rings. The molecule has 0 heterocycles. The van der Waals surface area contributed by atoms with Gasteiger partial charge in [-0.3, -0.25) is 10.1 Å². The quantitative estimate of drug-likeness (QED) is 0.516. The van der Waals surface area contributed by atoms with Gasteiger partial charge in [0.05, 0.1) is 22.5 Å². The SMILES string of the molecule is Cc1cc(Cl)c([N+](=O)[O-])cc1S(=O)(=O)N(Cc1ccccc1)C(CO)C1CC1. The predicted octanol–water partition coefficient (Wildman–Crippen LogP) is 3.52. The van der Waals surface area contributed by atoms with Gasteiger partial charge in [-0.15, -0.1) is 0 Å². The average Bonchev–Trinajstić information content (AvgIpc) is 3.47. The number of benzene rings is 2. The number of sulfonamides is 1. The van der Waals surface area contributed by atoms with Crippen molar-refractivity contribution in [2.45, 2.75) is 37.2 Å². The number of nitrogens with zero attached hydrogens (tertiary/aromatic N) is 2. The number of rotatable bonds is 8. The Hall–Kier alpha value is -2.00. The monoisotopic (exact) mass is 424 g/mol. The van der Waals surface area contributed by atoms with Crippen molar-refractivity contribution in [2.75, 3.05) is 6.61 Å². The number of nitro groups is 1. The normalized spacial score (nSPS) is 15.6. The second-order valence-corrected chi connectivity index (χ2v) is 9.22. The summed E-state index contributed by atoms with van der Waals surface area (Å²) in [6.07, 6.45) is 1.68. The Morgan fingerprint density at radius 2 is 1.93 bits per heavy atom. The van der Waals surface area contributed by atoms with Crippen molar-refractivity contribution in [2.24, 2.45) is 5.92 Å². The maximum Gasteiger partial charge on any atom is 0.289 e. The number of aliphatic hydroxyl groups is 1. The topological polar surface area (TPSA) is 101 Å². The average molecular weight is 425 g/mol. The Morgan fingerprint density at radius 1 is 1.29 bits per heavy atom. The highest BCUT2D eigenvalue weighted by molar-refractivity contribution is 7.89. The number of halogens is 1. The Morgan fingerprint density at radius 3 is 2.46 bits per heavy atom. The molecule has 1 aliphatic rings. The minimum atomic E-state index is -4.11. The van der Waals surface area contributed by atoms with Crippen LogP contribution in [0.2, 0.25) is 5.02 Å². The number of hydrogen-bond donors (Lipinski definition) is 1. The Bertz CT molecular complexity index is 977. The zero-order valence-electron chi connectivity index (χ0n) is 15.3. The summed E-state index contributed by atoms with van der Waals surface area (Å²) in [6, 6.07) is 10.8. The van der Waals surface area contributed by atoms with Crippen molar-refractivity contribution in [3.05, 3.63) is 68.7 Å². The van der Waals surface area contributed by atoms with Gasteiger partial charge < -0.3 is 5.11 Å². The van der Waals surface area contributed by atoms with Crippen LogP contribution in [0, 0.1) is 23.0 Å². The van der Waals surface area contributed by atoms with Crippen LogP contribution < -0.4 is 0 Å². The highest BCUT2D eigenvalue weighted by Crippen LogP contribution is 2.39. The summed E-state index contributed by atoms with van der Waals surface area (Å²) >= 11 is 5.92. The minimum absolute atomic E-state index is 0.0702. The highest BCUT2D eigenvalue weighted by atomic mass is 35.5. The maximum atomic E-state index is 13.5. The van der Waals surface area contributed by atoms with Crippen LogP contribution in [0.3, 0.4) is 0 Å². The van der Waals surface area contributed by atoms with E-state index < -0.39 is 26.7 Å². The molecule has 1 N–H and O–H groups in total. The van der Waals surface area contributed by atoms with E-state index in [4.69, 9.17) is 11.6 Å². The van der Waals surface area contributed by atoms with Crippen molar-refractivity contribution in [3.8, 4) is 0 Å². The molecule has 1 fully saturated rings. The van der Waals surface area contributed by atoms with Gasteiger partial charge >= 0.3 is 0 Å². The lowest BCUT2D eigenvalue weighted by Gasteiger charge is -2.30. The summed E-state index contributed by atoms with van der Waals surface area (Å²) < 4.78 is 28.3. The molecule has 9 heteroatoms. The van der Waals surface area contributed by atoms with E-state index in [1.165, 1.54) is 10.4 Å². The fraction of sp³-hybridized carbons (Fsp3) is 0.368. The third-order valence-corrected chi connectivity index (χ3v) is 7.25. The van der Waals surface area contributed by atoms with Crippen molar-refractivity contribution in [3.63, 3.8) is 0 Å². The molecule has 7 nitrogen and oxygen atoms in total. The van der Waals surface area contributed by atoms with E-state index in [0.717, 1.165) is 24.5 Å². The van der Waals surface area contributed by atoms with Gasteiger partial charge in [-0.05, 0) is 42.9 Å². The van der Waals surface area contributed by atoms with Gasteiger partial charge in [0.25, 0.3) is 5.69 Å². The first-order valence-electron chi connectivity index (χ1n) is 8.87. The van der Waals surface area contributed by atoms with E-state index in [2.05, 4.69) is 0 Å². The number of nitro benzene ring substituents is 1. The van der Waals surface area contributed by atoms with Crippen molar-refractivity contribution < 1.29 is 18.4 Å². The fourth-order valence-electron chi connectivity index (χ4n) is 3.29. The maximum absolute atomic E-state index is 13.5. The van der Waals surface area contributed by atoms with E-state index in [1.807, 2.05) is 18.2 Å². The van der Waals surface area contributed by atoms with Crippen LogP contribution in [0.25, 0.3) is 0 Å². The van der Waals surface area contributed by atoms with E-state index in [0.29, 0.717) is 5.56 Å². The molecule has 0 aliphatic heterocycles. The largest absolute Gasteiger partial charge is 0.395 e. The van der Waals surface area contributed by atoms with Gasteiger partial charge in [0, 0.05) is 12.6 Å². The molecule has 1 aliphatic carbocycles. The Kier molecular flexibility index (Phi) is 6.04. The Balaban J connectivity index is 2.10. The number of aryl methyl sites for hydroxylation is 1. The lowest BCUT2D eigenvalue weighted by Crippen LogP contribution is -2.43. The summed E-state index contributed by atoms with van der Waals surface area (Å²) in [5.74, 6) is 0.0751. The molecule has 28 heavy (non-hydrogen) atoms. The molecule has 0 aromatic heterocycles. The van der Waals surface area contributed by atoms with Gasteiger partial charge in [0.15, 0.2) is 0 Å². The van der Waals surface area contributed by atoms with E-state index in [1.54, 1.807) is 19.1 Å². The lowest BCUT2D eigenvalue weighted by atomic mass is 10.1. The summed E-state index contributed by atoms with van der Waals surface area (Å²) in [5, 5.41) is 21.1. The van der Waals surface area contributed by atoms with Gasteiger partial charge in [-0.2, -0.15) is 4.31 Å². The molecule has 1 unspecified atom stereocenters. The van der Waals surface area contributed by atoms with Crippen LogP contribution >= 0.6 is 11.6 Å². The molecular formula is C19H21ClN2O5S. The van der Waals surface area contributed by atoms with E-state index >= 15 is 0 Å². The first kappa shape index (κ1) is 20.7. The zero-order chi connectivity index (χ0) is 20.5. The smallest absolute Gasteiger partial charge is 0.289 e. The molecule has 1 saturated carbocycles. The van der Waals surface area contributed by atoms with Gasteiger partial charge in [-0.1, -0.05) is 41.9 Å². The molecule has 2 aromatic carbocycles. The zero-order valence-corrected chi connectivity index (χ0v) is 16.9. The number of hydrogen-bond acceptors (Lipinski definition) is 5. The second-order valence-electron chi connectivity index (χ2n) is 6.95. The summed E-state index contributed by atoms with van der Waals surface area (Å²) in [4.78, 5) is 10.4. The summed E-state index contributed by atoms with van der Waals surface area (Å²) in [7, 11) is -4.11. The first-order valence-corrected chi connectivity index (χ1v) is 10.7. The van der Waals surface area contributed by atoms with Crippen LogP contribution in [0.5, 0.6) is 0 Å². The second kappa shape index (κ2) is 8.16. The molecule has 0 bridgehead atoms. The van der Waals surface area contributed by atoms with Crippen LogP contribution in [0.1, 0.15) is 24.0 Å². The van der Waals surface area contributed by atoms with Crippen molar-refractivity contribution in [1.82, 2.24) is 4.31 Å². The molecule has 0 amide bonds. The van der Waals surface area contributed by atoms with Crippen molar-refractivity contribution in [1.29, 1.82) is 0 Å². The van der Waals surface area contributed by atoms with E-state index in [-0.39, 0.29) is 29.0 Å². The highest BCUT2D eigenvalue weighted by Gasteiger charge is 2.41. The first-order chi connectivity index (χ1) is 13.3. The molecular weight excluding hydrogens is 404 g/mol. The third kappa shape index (κ3) is 4.20. The van der Waals surface area contributed by atoms with Crippen LogP contribution in [-0.2, 0) is 16.6 Å². The Labute approximate surface area is 168 Å². The molecule has 0 saturated heterocycles. The fourth-order valence-corrected chi connectivity index (χ4v) is 5.47.